The number of hydrogen-bond donors (Lipinski definition) is 1. The van der Waals surface area contributed by atoms with Crippen molar-refractivity contribution in [1.82, 2.24) is 20.2 Å². The third kappa shape index (κ3) is 2.40. The number of benzene rings is 1. The second-order valence-electron chi connectivity index (χ2n) is 6.05. The number of nitrogen functional groups attached to an aromatic ring is 1. The third-order valence-corrected chi connectivity index (χ3v) is 4.40. The largest absolute Gasteiger partial charge is 0.398 e. The molecule has 1 aliphatic heterocycles. The van der Waals surface area contributed by atoms with Crippen molar-refractivity contribution < 1.29 is 4.74 Å². The van der Waals surface area contributed by atoms with E-state index in [0.29, 0.717) is 0 Å². The second kappa shape index (κ2) is 5.11. The van der Waals surface area contributed by atoms with Crippen molar-refractivity contribution in [3.05, 3.63) is 23.3 Å². The predicted octanol–water partition coefficient (Wildman–Crippen LogP) is 2.06. The summed E-state index contributed by atoms with van der Waals surface area (Å²) >= 11 is 0. The molecule has 0 aliphatic carbocycles. The molecule has 6 heteroatoms. The first kappa shape index (κ1) is 14.0. The van der Waals surface area contributed by atoms with Gasteiger partial charge in [-0.1, -0.05) is 6.07 Å². The fourth-order valence-electron chi connectivity index (χ4n) is 2.85. The molecule has 1 aliphatic rings. The summed E-state index contributed by atoms with van der Waals surface area (Å²) in [6, 6.07) is 4.05. The van der Waals surface area contributed by atoms with Crippen LogP contribution in [-0.2, 0) is 10.3 Å². The van der Waals surface area contributed by atoms with Crippen LogP contribution in [0.3, 0.4) is 0 Å². The van der Waals surface area contributed by atoms with E-state index in [0.717, 1.165) is 54.3 Å². The fraction of sp³-hybridized carbons (Fsp3) is 0.533. The van der Waals surface area contributed by atoms with Crippen LogP contribution in [0.2, 0.25) is 0 Å². The number of rotatable bonds is 2. The minimum Gasteiger partial charge on any atom is -0.398 e. The molecule has 3 rings (SSSR count). The zero-order valence-electron chi connectivity index (χ0n) is 12.8. The highest BCUT2D eigenvalue weighted by Gasteiger charge is 2.33. The molecule has 0 spiro atoms. The van der Waals surface area contributed by atoms with Gasteiger partial charge in [0.2, 0.25) is 0 Å². The van der Waals surface area contributed by atoms with Crippen LogP contribution in [0.4, 0.5) is 5.69 Å². The van der Waals surface area contributed by atoms with Crippen LogP contribution in [0.5, 0.6) is 0 Å². The van der Waals surface area contributed by atoms with E-state index in [1.807, 2.05) is 17.7 Å². The summed E-state index contributed by atoms with van der Waals surface area (Å²) in [6.45, 7) is 7.74. The average molecular weight is 287 g/mol. The van der Waals surface area contributed by atoms with E-state index in [1.54, 1.807) is 0 Å². The summed E-state index contributed by atoms with van der Waals surface area (Å²) in [5.41, 5.74) is 9.92. The van der Waals surface area contributed by atoms with E-state index in [-0.39, 0.29) is 5.54 Å². The first-order valence-electron chi connectivity index (χ1n) is 7.25. The average Bonchev–Trinajstić information content (AvgIpc) is 2.93. The highest BCUT2D eigenvalue weighted by atomic mass is 16.5. The number of ether oxygens (including phenoxy) is 1. The Morgan fingerprint density at radius 3 is 2.62 bits per heavy atom. The van der Waals surface area contributed by atoms with Crippen molar-refractivity contribution in [2.75, 3.05) is 18.9 Å². The minimum atomic E-state index is -0.108. The maximum atomic E-state index is 6.06. The van der Waals surface area contributed by atoms with Crippen LogP contribution in [0.25, 0.3) is 11.4 Å². The van der Waals surface area contributed by atoms with Crippen LogP contribution in [0.1, 0.15) is 30.9 Å². The van der Waals surface area contributed by atoms with Crippen molar-refractivity contribution >= 4 is 5.69 Å². The molecule has 1 aromatic heterocycles. The van der Waals surface area contributed by atoms with Crippen LogP contribution in [0.15, 0.2) is 12.1 Å². The number of anilines is 1. The standard InChI is InChI=1S/C15H21N5O/c1-10-8-11(2)13(16)9-12(10)14-17-18-19-20(14)15(3)4-6-21-7-5-15/h8-9H,4-7,16H2,1-3H3. The Morgan fingerprint density at radius 2 is 1.90 bits per heavy atom. The lowest BCUT2D eigenvalue weighted by molar-refractivity contribution is 0.0240. The van der Waals surface area contributed by atoms with Gasteiger partial charge in [0.25, 0.3) is 0 Å². The predicted molar refractivity (Wildman–Crippen MR) is 80.8 cm³/mol. The van der Waals surface area contributed by atoms with Gasteiger partial charge in [0.15, 0.2) is 5.82 Å². The van der Waals surface area contributed by atoms with Crippen LogP contribution in [0, 0.1) is 13.8 Å². The lowest BCUT2D eigenvalue weighted by Gasteiger charge is -2.34. The Balaban J connectivity index is 2.09. The van der Waals surface area contributed by atoms with Gasteiger partial charge in [-0.05, 0) is 61.2 Å². The SMILES string of the molecule is Cc1cc(C)c(-c2nnnn2C2(C)CCOCC2)cc1N. The van der Waals surface area contributed by atoms with E-state index < -0.39 is 0 Å². The fourth-order valence-corrected chi connectivity index (χ4v) is 2.85. The van der Waals surface area contributed by atoms with Gasteiger partial charge < -0.3 is 10.5 Å². The van der Waals surface area contributed by atoms with Gasteiger partial charge >= 0.3 is 0 Å². The molecule has 0 unspecified atom stereocenters. The molecule has 0 saturated carbocycles. The first-order valence-corrected chi connectivity index (χ1v) is 7.25. The Labute approximate surface area is 124 Å². The molecule has 1 fully saturated rings. The van der Waals surface area contributed by atoms with Gasteiger partial charge in [0.05, 0.1) is 5.54 Å². The number of aromatic nitrogens is 4. The third-order valence-electron chi connectivity index (χ3n) is 4.40. The Hall–Kier alpha value is -1.95. The number of hydrogen-bond acceptors (Lipinski definition) is 5. The first-order chi connectivity index (χ1) is 10.0. The number of nitrogens with zero attached hydrogens (tertiary/aromatic N) is 4. The number of tetrazole rings is 1. The zero-order valence-corrected chi connectivity index (χ0v) is 12.8. The smallest absolute Gasteiger partial charge is 0.182 e. The summed E-state index contributed by atoms with van der Waals surface area (Å²) in [5, 5.41) is 12.4. The topological polar surface area (TPSA) is 78.8 Å². The molecular formula is C15H21N5O. The highest BCUT2D eigenvalue weighted by molar-refractivity contribution is 5.67. The lowest BCUT2D eigenvalue weighted by atomic mass is 9.92. The van der Waals surface area contributed by atoms with Crippen molar-refractivity contribution in [2.45, 2.75) is 39.2 Å². The second-order valence-corrected chi connectivity index (χ2v) is 6.05. The molecular weight excluding hydrogens is 266 g/mol. The maximum Gasteiger partial charge on any atom is 0.182 e. The molecule has 0 amide bonds. The van der Waals surface area contributed by atoms with E-state index in [4.69, 9.17) is 10.5 Å². The van der Waals surface area contributed by atoms with Gasteiger partial charge in [-0.25, -0.2) is 4.68 Å². The molecule has 0 radical (unpaired) electrons. The minimum absolute atomic E-state index is 0.108. The van der Waals surface area contributed by atoms with Crippen molar-refractivity contribution in [3.63, 3.8) is 0 Å². The summed E-state index contributed by atoms with van der Waals surface area (Å²) in [5.74, 6) is 0.781. The summed E-state index contributed by atoms with van der Waals surface area (Å²) in [6.07, 6.45) is 1.82. The molecule has 2 heterocycles. The molecule has 1 aromatic carbocycles. The van der Waals surface area contributed by atoms with E-state index in [9.17, 15) is 0 Å². The Kier molecular flexibility index (Phi) is 3.41. The van der Waals surface area contributed by atoms with Crippen molar-refractivity contribution in [2.24, 2.45) is 0 Å². The summed E-state index contributed by atoms with van der Waals surface area (Å²) in [7, 11) is 0. The highest BCUT2D eigenvalue weighted by Crippen LogP contribution is 2.33. The van der Waals surface area contributed by atoms with Gasteiger partial charge in [-0.3, -0.25) is 0 Å². The Bertz CT molecular complexity index is 658. The quantitative estimate of drug-likeness (QED) is 0.855. The molecule has 21 heavy (non-hydrogen) atoms. The van der Waals surface area contributed by atoms with Gasteiger partial charge in [-0.2, -0.15) is 0 Å². The molecule has 1 saturated heterocycles. The van der Waals surface area contributed by atoms with Crippen LogP contribution >= 0.6 is 0 Å². The molecule has 112 valence electrons. The number of aryl methyl sites for hydroxylation is 2. The van der Waals surface area contributed by atoms with Crippen LogP contribution in [-0.4, -0.2) is 33.4 Å². The molecule has 0 atom stereocenters. The molecule has 2 aromatic rings. The van der Waals surface area contributed by atoms with E-state index >= 15 is 0 Å². The van der Waals surface area contributed by atoms with Gasteiger partial charge in [0.1, 0.15) is 0 Å². The molecule has 6 nitrogen and oxygen atoms in total. The Morgan fingerprint density at radius 1 is 1.19 bits per heavy atom. The van der Waals surface area contributed by atoms with E-state index in [2.05, 4.69) is 35.4 Å². The van der Waals surface area contributed by atoms with Crippen LogP contribution < -0.4 is 5.73 Å². The molecule has 0 bridgehead atoms. The van der Waals surface area contributed by atoms with Gasteiger partial charge in [-0.15, -0.1) is 5.10 Å². The number of nitrogens with two attached hydrogens (primary N) is 1. The maximum absolute atomic E-state index is 6.06. The monoisotopic (exact) mass is 287 g/mol. The van der Waals surface area contributed by atoms with E-state index in [1.165, 1.54) is 0 Å². The zero-order chi connectivity index (χ0) is 15.0. The summed E-state index contributed by atoms with van der Waals surface area (Å²) < 4.78 is 7.40. The normalized spacial score (nSPS) is 17.9. The van der Waals surface area contributed by atoms with Crippen molar-refractivity contribution in [3.8, 4) is 11.4 Å². The molecule has 2 N–H and O–H groups in total. The van der Waals surface area contributed by atoms with Gasteiger partial charge in [0, 0.05) is 24.5 Å². The lowest BCUT2D eigenvalue weighted by Crippen LogP contribution is -2.38. The summed E-state index contributed by atoms with van der Waals surface area (Å²) in [4.78, 5) is 0. The van der Waals surface area contributed by atoms with Crippen molar-refractivity contribution in [1.29, 1.82) is 0 Å².